The molecule has 1 aliphatic carbocycles. The zero-order valence-electron chi connectivity index (χ0n) is 21.8. The van der Waals surface area contributed by atoms with E-state index in [1.165, 1.54) is 7.11 Å². The molecule has 7 heteroatoms. The molecule has 2 aromatic rings. The van der Waals surface area contributed by atoms with Crippen LogP contribution in [0.25, 0.3) is 0 Å². The summed E-state index contributed by atoms with van der Waals surface area (Å²) >= 11 is 0. The van der Waals surface area contributed by atoms with Crippen LogP contribution in [0.1, 0.15) is 62.9 Å². The molecular weight excluding hydrogens is 454 g/mol. The molecule has 0 bridgehead atoms. The van der Waals surface area contributed by atoms with Crippen molar-refractivity contribution in [2.45, 2.75) is 58.1 Å². The summed E-state index contributed by atoms with van der Waals surface area (Å²) < 4.78 is 11.7. The maximum atomic E-state index is 13.2. The van der Waals surface area contributed by atoms with Crippen LogP contribution in [0.5, 0.6) is 11.5 Å². The highest BCUT2D eigenvalue weighted by molar-refractivity contribution is 5.95. The molecule has 2 atom stereocenters. The molecule has 0 aromatic heterocycles. The number of benzene rings is 2. The Morgan fingerprint density at radius 3 is 2.33 bits per heavy atom. The molecule has 1 saturated carbocycles. The highest BCUT2D eigenvalue weighted by atomic mass is 16.5. The minimum absolute atomic E-state index is 0.112. The van der Waals surface area contributed by atoms with E-state index < -0.39 is 11.1 Å². The summed E-state index contributed by atoms with van der Waals surface area (Å²) in [5.41, 5.74) is 0.780. The molecule has 2 unspecified atom stereocenters. The summed E-state index contributed by atoms with van der Waals surface area (Å²) in [4.78, 5) is 26.5. The van der Waals surface area contributed by atoms with E-state index in [1.807, 2.05) is 31.2 Å². The Balaban J connectivity index is 1.41. The number of aldehydes is 1. The van der Waals surface area contributed by atoms with Crippen molar-refractivity contribution in [3.63, 3.8) is 0 Å². The molecular formula is C29H35N3O4. The number of methoxy groups -OCH3 is 1. The largest absolute Gasteiger partial charge is 0.495 e. The van der Waals surface area contributed by atoms with E-state index in [-0.39, 0.29) is 17.2 Å². The number of anilines is 1. The van der Waals surface area contributed by atoms with Gasteiger partial charge in [0.25, 0.3) is 5.91 Å². The lowest BCUT2D eigenvalue weighted by Gasteiger charge is -2.65. The molecule has 2 aliphatic rings. The lowest BCUT2D eigenvalue weighted by Crippen LogP contribution is -2.77. The third kappa shape index (κ3) is 4.41. The molecule has 1 heterocycles. The summed E-state index contributed by atoms with van der Waals surface area (Å²) in [7, 11) is 1.53. The molecule has 4 rings (SSSR count). The van der Waals surface area contributed by atoms with Crippen LogP contribution in [0.15, 0.2) is 42.5 Å². The van der Waals surface area contributed by atoms with Crippen molar-refractivity contribution in [2.75, 3.05) is 25.1 Å². The van der Waals surface area contributed by atoms with Gasteiger partial charge in [-0.15, -0.1) is 0 Å². The number of ether oxygens (including phenoxy) is 2. The molecule has 0 spiro atoms. The third-order valence-corrected chi connectivity index (χ3v) is 8.65. The van der Waals surface area contributed by atoms with Gasteiger partial charge in [-0.3, -0.25) is 4.79 Å². The number of carbonyl (C=O) groups is 2. The summed E-state index contributed by atoms with van der Waals surface area (Å²) in [6, 6.07) is 15.0. The van der Waals surface area contributed by atoms with Gasteiger partial charge in [0.1, 0.15) is 29.5 Å². The molecule has 190 valence electrons. The minimum atomic E-state index is -0.522. The third-order valence-electron chi connectivity index (χ3n) is 8.65. The Kier molecular flexibility index (Phi) is 6.74. The van der Waals surface area contributed by atoms with Crippen LogP contribution in [0.2, 0.25) is 0 Å². The van der Waals surface area contributed by atoms with Gasteiger partial charge in [-0.1, -0.05) is 13.8 Å². The fourth-order valence-electron chi connectivity index (χ4n) is 5.49. The normalized spacial score (nSPS) is 25.3. The Bertz CT molecular complexity index is 1180. The Labute approximate surface area is 213 Å². The molecule has 7 nitrogen and oxygen atoms in total. The number of carbonyl (C=O) groups excluding carboxylic acids is 2. The molecule has 2 aromatic carbocycles. The van der Waals surface area contributed by atoms with Gasteiger partial charge in [0, 0.05) is 48.2 Å². The lowest BCUT2D eigenvalue weighted by atomic mass is 9.48. The van der Waals surface area contributed by atoms with Crippen molar-refractivity contribution in [2.24, 2.45) is 11.3 Å². The van der Waals surface area contributed by atoms with Gasteiger partial charge in [-0.2, -0.15) is 5.26 Å². The van der Waals surface area contributed by atoms with E-state index in [2.05, 4.69) is 37.1 Å². The van der Waals surface area contributed by atoms with Gasteiger partial charge < -0.3 is 24.5 Å². The quantitative estimate of drug-likeness (QED) is 0.565. The van der Waals surface area contributed by atoms with Gasteiger partial charge in [0.05, 0.1) is 18.2 Å². The zero-order valence-corrected chi connectivity index (χ0v) is 21.8. The van der Waals surface area contributed by atoms with E-state index >= 15 is 0 Å². The zero-order chi connectivity index (χ0) is 26.1. The first-order valence-corrected chi connectivity index (χ1v) is 12.5. The minimum Gasteiger partial charge on any atom is -0.495 e. The maximum Gasteiger partial charge on any atom is 0.251 e. The number of hydrogen-bond donors (Lipinski definition) is 1. The van der Waals surface area contributed by atoms with E-state index in [0.717, 1.165) is 37.9 Å². The van der Waals surface area contributed by atoms with E-state index in [9.17, 15) is 14.9 Å². The van der Waals surface area contributed by atoms with Crippen molar-refractivity contribution >= 4 is 17.9 Å². The number of amides is 1. The van der Waals surface area contributed by atoms with E-state index in [0.29, 0.717) is 29.0 Å². The first-order valence-electron chi connectivity index (χ1n) is 12.5. The van der Waals surface area contributed by atoms with Gasteiger partial charge in [0.2, 0.25) is 0 Å². The van der Waals surface area contributed by atoms with Gasteiger partial charge in [0.15, 0.2) is 0 Å². The van der Waals surface area contributed by atoms with Crippen LogP contribution in [0, 0.1) is 22.7 Å². The fraction of sp³-hybridized carbons (Fsp3) is 0.483. The molecule has 0 radical (unpaired) electrons. The average molecular weight is 490 g/mol. The topological polar surface area (TPSA) is 91.7 Å². The average Bonchev–Trinajstić information content (AvgIpc) is 2.88. The summed E-state index contributed by atoms with van der Waals surface area (Å²) in [6.45, 7) is 10.0. The first kappa shape index (κ1) is 25.6. The highest BCUT2D eigenvalue weighted by Crippen LogP contribution is 2.58. The van der Waals surface area contributed by atoms with Gasteiger partial charge in [-0.25, -0.2) is 0 Å². The second-order valence-electron chi connectivity index (χ2n) is 10.9. The van der Waals surface area contributed by atoms with E-state index in [4.69, 9.17) is 9.47 Å². The number of hydrogen-bond acceptors (Lipinski definition) is 6. The maximum absolute atomic E-state index is 13.2. The van der Waals surface area contributed by atoms with Crippen molar-refractivity contribution in [3.05, 3.63) is 53.6 Å². The number of rotatable bonds is 7. The predicted octanol–water partition coefficient (Wildman–Crippen LogP) is 4.74. The number of nitrogens with zero attached hydrogens (tertiary/aromatic N) is 2. The molecule has 36 heavy (non-hydrogen) atoms. The monoisotopic (exact) mass is 489 g/mol. The van der Waals surface area contributed by atoms with Gasteiger partial charge in [-0.05, 0) is 63.1 Å². The van der Waals surface area contributed by atoms with Crippen LogP contribution in [-0.2, 0) is 4.79 Å². The molecule has 1 N–H and O–H groups in total. The number of piperidine rings is 1. The number of nitrogens with one attached hydrogen (secondary N) is 1. The van der Waals surface area contributed by atoms with Crippen molar-refractivity contribution in [1.82, 2.24) is 5.32 Å². The second kappa shape index (κ2) is 9.50. The van der Waals surface area contributed by atoms with Crippen LogP contribution in [0.4, 0.5) is 5.69 Å². The fourth-order valence-corrected chi connectivity index (χ4v) is 5.49. The Morgan fingerprint density at radius 1 is 1.11 bits per heavy atom. The summed E-state index contributed by atoms with van der Waals surface area (Å²) in [5.74, 6) is 1.15. The highest BCUT2D eigenvalue weighted by Gasteiger charge is 2.67. The van der Waals surface area contributed by atoms with Crippen molar-refractivity contribution < 1.29 is 19.1 Å². The van der Waals surface area contributed by atoms with Crippen LogP contribution >= 0.6 is 0 Å². The van der Waals surface area contributed by atoms with E-state index in [1.54, 1.807) is 18.2 Å². The predicted molar refractivity (Wildman–Crippen MR) is 138 cm³/mol. The lowest BCUT2D eigenvalue weighted by molar-refractivity contribution is -0.180. The molecule has 2 fully saturated rings. The number of nitriles is 1. The summed E-state index contributed by atoms with van der Waals surface area (Å²) in [5, 5.41) is 12.5. The Morgan fingerprint density at radius 2 is 1.78 bits per heavy atom. The van der Waals surface area contributed by atoms with Crippen molar-refractivity contribution in [3.8, 4) is 17.6 Å². The van der Waals surface area contributed by atoms with Crippen LogP contribution < -0.4 is 19.7 Å². The smallest absolute Gasteiger partial charge is 0.251 e. The van der Waals surface area contributed by atoms with Crippen molar-refractivity contribution in [1.29, 1.82) is 5.26 Å². The van der Waals surface area contributed by atoms with Gasteiger partial charge >= 0.3 is 0 Å². The second-order valence-corrected chi connectivity index (χ2v) is 10.9. The molecule has 1 amide bonds. The molecule has 1 saturated heterocycles. The van der Waals surface area contributed by atoms with Crippen LogP contribution in [-0.4, -0.2) is 43.5 Å². The molecule has 1 aliphatic heterocycles. The Hall–Kier alpha value is -3.53. The standard InChI is InChI=1S/C29H35N3O4/c1-27(2)28(3,19-29(27,4)36-24-11-8-22(17-30)25(16-24)35-5)31-26(34)21-6-9-23(10-7-21)32-14-12-20(18-33)13-15-32/h6-11,16,18,20H,12-15,19H2,1-5H3,(H,31,34). The SMILES string of the molecule is COc1cc(OC2(C)CC(C)(NC(=O)c3ccc(N4CCC(C=O)CC4)cc3)C2(C)C)ccc1C#N. The first-order chi connectivity index (χ1) is 17.1. The summed E-state index contributed by atoms with van der Waals surface area (Å²) in [6.07, 6.45) is 3.43. The van der Waals surface area contributed by atoms with Crippen LogP contribution in [0.3, 0.4) is 0 Å².